The first-order chi connectivity index (χ1) is 30.7. The van der Waals surface area contributed by atoms with E-state index in [2.05, 4.69) is 89.5 Å². The van der Waals surface area contributed by atoms with E-state index in [4.69, 9.17) is 18.2 Å². The summed E-state index contributed by atoms with van der Waals surface area (Å²) in [4.78, 5) is 10.7. The zero-order valence-electron chi connectivity index (χ0n) is 36.7. The van der Waals surface area contributed by atoms with Crippen LogP contribution in [0.15, 0.2) is 194 Å². The molecule has 0 N–H and O–H groups in total. The van der Waals surface area contributed by atoms with Crippen LogP contribution < -0.4 is 0 Å². The Kier molecular flexibility index (Phi) is 5.28. The molecule has 0 saturated carbocycles. The highest BCUT2D eigenvalue weighted by Gasteiger charge is 2.21. The molecule has 0 unspecified atom stereocenters. The third kappa shape index (κ3) is 4.53. The largest absolute Gasteiger partial charge is 0.309 e. The molecule has 56 heavy (non-hydrogen) atoms. The van der Waals surface area contributed by atoms with Crippen LogP contribution in [0.1, 0.15) is 9.60 Å². The van der Waals surface area contributed by atoms with Gasteiger partial charge in [0.15, 0.2) is 0 Å². The van der Waals surface area contributed by atoms with Gasteiger partial charge in [0.2, 0.25) is 5.95 Å². The van der Waals surface area contributed by atoms with Crippen molar-refractivity contribution in [2.45, 2.75) is 0 Å². The summed E-state index contributed by atoms with van der Waals surface area (Å²) in [5.74, 6) is 0.518. The van der Waals surface area contributed by atoms with Crippen molar-refractivity contribution < 1.29 is 9.60 Å². The molecule has 0 saturated heterocycles. The predicted molar refractivity (Wildman–Crippen MR) is 234 cm³/mol. The van der Waals surface area contributed by atoms with Crippen LogP contribution in [-0.2, 0) is 0 Å². The molecule has 0 radical (unpaired) electrons. The normalized spacial score (nSPS) is 13.7. The zero-order chi connectivity index (χ0) is 42.8. The fourth-order valence-corrected chi connectivity index (χ4v) is 8.54. The summed E-state index contributed by atoms with van der Waals surface area (Å²) >= 11 is 0. The van der Waals surface area contributed by atoms with E-state index in [-0.39, 0.29) is 28.5 Å². The first kappa shape index (κ1) is 24.7. The Morgan fingerprint density at radius 2 is 1.14 bits per heavy atom. The summed E-state index contributed by atoms with van der Waals surface area (Å²) in [5.41, 5.74) is 7.98. The van der Waals surface area contributed by atoms with Gasteiger partial charge in [-0.25, -0.2) is 9.97 Å². The van der Waals surface area contributed by atoms with Crippen molar-refractivity contribution in [3.8, 4) is 34.0 Å². The molecular formula is C52H32N4. The van der Waals surface area contributed by atoms with Gasteiger partial charge in [-0.05, 0) is 75.8 Å². The van der Waals surface area contributed by atoms with Crippen LogP contribution in [0.5, 0.6) is 0 Å². The van der Waals surface area contributed by atoms with Gasteiger partial charge in [-0.15, -0.1) is 0 Å². The Hall–Kier alpha value is -7.56. The van der Waals surface area contributed by atoms with E-state index in [0.29, 0.717) is 17.0 Å². The number of nitrogens with zero attached hydrogens (tertiary/aromatic N) is 4. The van der Waals surface area contributed by atoms with Gasteiger partial charge in [0.05, 0.1) is 48.6 Å². The smallest absolute Gasteiger partial charge is 0.235 e. The third-order valence-electron chi connectivity index (χ3n) is 11.0. The molecule has 0 aliphatic heterocycles. The van der Waals surface area contributed by atoms with E-state index in [1.807, 2.05) is 66.7 Å². The van der Waals surface area contributed by atoms with E-state index >= 15 is 0 Å². The number of hydrogen-bond acceptors (Lipinski definition) is 2. The fourth-order valence-electron chi connectivity index (χ4n) is 8.54. The van der Waals surface area contributed by atoms with Crippen LogP contribution in [-0.4, -0.2) is 19.1 Å². The molecule has 0 aliphatic rings. The summed E-state index contributed by atoms with van der Waals surface area (Å²) in [6, 6.07) is 48.5. The predicted octanol–water partition coefficient (Wildman–Crippen LogP) is 13.5. The van der Waals surface area contributed by atoms with Gasteiger partial charge in [0.1, 0.15) is 0 Å². The molecule has 3 heterocycles. The molecule has 0 aliphatic carbocycles. The van der Waals surface area contributed by atoms with Gasteiger partial charge in [0, 0.05) is 37.9 Å². The molecule has 0 atom stereocenters. The minimum absolute atomic E-state index is 0.0274. The topological polar surface area (TPSA) is 35.6 Å². The van der Waals surface area contributed by atoms with Crippen LogP contribution in [0.4, 0.5) is 0 Å². The van der Waals surface area contributed by atoms with E-state index in [9.17, 15) is 1.37 Å². The van der Waals surface area contributed by atoms with Gasteiger partial charge >= 0.3 is 0 Å². The molecule has 260 valence electrons. The summed E-state index contributed by atoms with van der Waals surface area (Å²) in [5, 5.41) is 6.90. The number of benzene rings is 9. The maximum Gasteiger partial charge on any atom is 0.235 e. The van der Waals surface area contributed by atoms with E-state index in [1.165, 1.54) is 0 Å². The van der Waals surface area contributed by atoms with E-state index < -0.39 is 30.2 Å². The maximum atomic E-state index is 9.22. The van der Waals surface area contributed by atoms with Gasteiger partial charge < -0.3 is 4.57 Å². The lowest BCUT2D eigenvalue weighted by Gasteiger charge is -2.13. The molecule has 0 spiro atoms. The van der Waals surface area contributed by atoms with Crippen LogP contribution in [0.3, 0.4) is 0 Å². The number of aromatic nitrogens is 4. The van der Waals surface area contributed by atoms with Crippen LogP contribution in [0.2, 0.25) is 0 Å². The van der Waals surface area contributed by atoms with Crippen molar-refractivity contribution in [3.05, 3.63) is 194 Å². The molecular weight excluding hydrogens is 681 g/mol. The maximum absolute atomic E-state index is 9.22. The minimum atomic E-state index is -0.488. The standard InChI is InChI=1S/C52H32N4/c1-2-14-34(15-3-1)39-23-13-27-48-50(39)43-30-35-17-4-5-18-36(35)32-49(43)56(48)52-53-44-24-10-8-22-41(44)51(54-52)37-28-29-47-42(31-37)40-21-9-11-25-46(40)55(47)45-26-12-19-33-16-6-7-20-38(33)45/h1-32H/i6D,7D,12D,16D,19D,20D,26D. The molecule has 4 nitrogen and oxygen atoms in total. The Morgan fingerprint density at radius 1 is 0.411 bits per heavy atom. The van der Waals surface area contributed by atoms with Crippen LogP contribution >= 0.6 is 0 Å². The summed E-state index contributed by atoms with van der Waals surface area (Å²) < 4.78 is 65.4. The molecule has 9 aromatic carbocycles. The molecule has 0 bridgehead atoms. The summed E-state index contributed by atoms with van der Waals surface area (Å²) in [6.07, 6.45) is 0. The highest BCUT2D eigenvalue weighted by atomic mass is 15.2. The molecule has 3 aromatic heterocycles. The average molecular weight is 720 g/mol. The molecule has 0 fully saturated rings. The third-order valence-corrected chi connectivity index (χ3v) is 11.0. The van der Waals surface area contributed by atoms with Crippen molar-refractivity contribution in [2.24, 2.45) is 0 Å². The van der Waals surface area contributed by atoms with E-state index in [1.54, 1.807) is 4.57 Å². The lowest BCUT2D eigenvalue weighted by atomic mass is 9.98. The molecule has 12 rings (SSSR count). The van der Waals surface area contributed by atoms with Crippen molar-refractivity contribution >= 4 is 76.1 Å². The second kappa shape index (κ2) is 12.0. The molecule has 12 aromatic rings. The van der Waals surface area contributed by atoms with Crippen molar-refractivity contribution in [3.63, 3.8) is 0 Å². The van der Waals surface area contributed by atoms with Crippen molar-refractivity contribution in [1.82, 2.24) is 19.1 Å². The highest BCUT2D eigenvalue weighted by molar-refractivity contribution is 6.19. The molecule has 4 heteroatoms. The van der Waals surface area contributed by atoms with Crippen LogP contribution in [0.25, 0.3) is 110 Å². The Balaban J connectivity index is 1.15. The first-order valence-electron chi connectivity index (χ1n) is 22.0. The monoisotopic (exact) mass is 719 g/mol. The zero-order valence-corrected chi connectivity index (χ0v) is 29.7. The summed E-state index contributed by atoms with van der Waals surface area (Å²) in [7, 11) is 0. The average Bonchev–Trinajstić information content (AvgIpc) is 3.82. The minimum Gasteiger partial charge on any atom is -0.309 e. The SMILES string of the molecule is [2H]c1c([2H])c([2H])c2c(-n3c4ccccc4c4cc(-c5nc(-n6c7cc8ccccc8cc7c7c(-c8ccccc8)cccc76)nc6ccccc56)ccc43)c([2H])c([2H])c([2H])c2c1[2H]. The number of fused-ring (bicyclic) bond motifs is 9. The fraction of sp³-hybridized carbons (Fsp3) is 0. The highest BCUT2D eigenvalue weighted by Crippen LogP contribution is 2.42. The Labute approximate surface area is 332 Å². The van der Waals surface area contributed by atoms with Gasteiger partial charge in [-0.3, -0.25) is 4.57 Å². The Morgan fingerprint density at radius 3 is 2.05 bits per heavy atom. The number of hydrogen-bond donors (Lipinski definition) is 0. The number of para-hydroxylation sites is 2. The number of rotatable bonds is 4. The van der Waals surface area contributed by atoms with Gasteiger partial charge in [-0.2, -0.15) is 0 Å². The molecule has 0 amide bonds. The van der Waals surface area contributed by atoms with Crippen molar-refractivity contribution in [2.75, 3.05) is 0 Å². The van der Waals surface area contributed by atoms with Crippen molar-refractivity contribution in [1.29, 1.82) is 0 Å². The quantitative estimate of drug-likeness (QED) is 0.182. The van der Waals surface area contributed by atoms with E-state index in [0.717, 1.165) is 76.6 Å². The summed E-state index contributed by atoms with van der Waals surface area (Å²) in [6.45, 7) is 0. The van der Waals surface area contributed by atoms with Gasteiger partial charge in [0.25, 0.3) is 0 Å². The van der Waals surface area contributed by atoms with Gasteiger partial charge in [-0.1, -0.05) is 145 Å². The second-order valence-electron chi connectivity index (χ2n) is 14.1. The Bertz CT molecular complexity index is 3940. The lowest BCUT2D eigenvalue weighted by molar-refractivity contribution is 1.01. The second-order valence-corrected chi connectivity index (χ2v) is 14.1. The first-order valence-corrected chi connectivity index (χ1v) is 18.5. The van der Waals surface area contributed by atoms with Crippen LogP contribution in [0, 0.1) is 0 Å². The lowest BCUT2D eigenvalue weighted by Crippen LogP contribution is -2.03.